The van der Waals surface area contributed by atoms with E-state index >= 15 is 0 Å². The number of pyridine rings is 1. The van der Waals surface area contributed by atoms with Crippen LogP contribution >= 0.6 is 0 Å². The molecule has 4 heteroatoms. The Hall–Kier alpha value is -1.84. The number of nitrogens with one attached hydrogen (secondary N) is 2. The van der Waals surface area contributed by atoms with Crippen molar-refractivity contribution in [3.8, 4) is 0 Å². The lowest BCUT2D eigenvalue weighted by Gasteiger charge is -2.08. The highest BCUT2D eigenvalue weighted by Gasteiger charge is 2.00. The van der Waals surface area contributed by atoms with Crippen molar-refractivity contribution >= 4 is 5.69 Å². The van der Waals surface area contributed by atoms with Crippen molar-refractivity contribution in [2.45, 2.75) is 27.3 Å². The van der Waals surface area contributed by atoms with E-state index in [0.29, 0.717) is 0 Å². The van der Waals surface area contributed by atoms with E-state index in [1.54, 1.807) is 0 Å². The summed E-state index contributed by atoms with van der Waals surface area (Å²) in [6.45, 7) is 6.69. The van der Waals surface area contributed by atoms with E-state index in [4.69, 9.17) is 0 Å². The van der Waals surface area contributed by atoms with Crippen LogP contribution in [-0.2, 0) is 6.54 Å². The molecule has 0 saturated carbocycles. The van der Waals surface area contributed by atoms with E-state index in [-0.39, 0.29) is 0 Å². The van der Waals surface area contributed by atoms with Gasteiger partial charge in [0.05, 0.1) is 29.8 Å². The molecule has 2 rings (SSSR count). The maximum Gasteiger partial charge on any atom is 0.103 e. The topological polar surface area (TPSA) is 53.6 Å². The first-order chi connectivity index (χ1) is 7.65. The molecule has 16 heavy (non-hydrogen) atoms. The van der Waals surface area contributed by atoms with Crippen LogP contribution in [0.5, 0.6) is 0 Å². The summed E-state index contributed by atoms with van der Waals surface area (Å²) in [6, 6.07) is 4.06. The number of aryl methyl sites for hydroxylation is 3. The Bertz CT molecular complexity index is 488. The number of nitrogens with zero attached hydrogens (tertiary/aromatic N) is 2. The number of imidazole rings is 1. The Morgan fingerprint density at radius 2 is 2.06 bits per heavy atom. The minimum atomic E-state index is 0.742. The smallest absolute Gasteiger partial charge is 0.103 e. The van der Waals surface area contributed by atoms with Crippen molar-refractivity contribution in [3.05, 3.63) is 41.2 Å². The van der Waals surface area contributed by atoms with Gasteiger partial charge in [-0.25, -0.2) is 4.98 Å². The van der Waals surface area contributed by atoms with Crippen molar-refractivity contribution in [1.29, 1.82) is 0 Å². The summed E-state index contributed by atoms with van der Waals surface area (Å²) in [5.74, 6) is 0.940. The summed E-state index contributed by atoms with van der Waals surface area (Å²) in [7, 11) is 0. The molecule has 0 aromatic carbocycles. The summed E-state index contributed by atoms with van der Waals surface area (Å²) >= 11 is 0. The number of aromatic amines is 1. The number of H-pyrrole nitrogens is 1. The van der Waals surface area contributed by atoms with Crippen LogP contribution < -0.4 is 5.32 Å². The summed E-state index contributed by atoms with van der Waals surface area (Å²) in [5.41, 5.74) is 4.21. The number of rotatable bonds is 3. The molecule has 0 radical (unpaired) electrons. The molecule has 0 fully saturated rings. The third-order valence-electron chi connectivity index (χ3n) is 2.45. The van der Waals surface area contributed by atoms with Crippen molar-refractivity contribution in [3.63, 3.8) is 0 Å². The molecule has 0 unspecified atom stereocenters. The number of hydrogen-bond donors (Lipinski definition) is 2. The summed E-state index contributed by atoms with van der Waals surface area (Å²) in [5, 5.41) is 3.34. The Morgan fingerprint density at radius 3 is 2.69 bits per heavy atom. The summed E-state index contributed by atoms with van der Waals surface area (Å²) < 4.78 is 0. The predicted molar refractivity (Wildman–Crippen MR) is 64.4 cm³/mol. The van der Waals surface area contributed by atoms with E-state index < -0.39 is 0 Å². The lowest BCUT2D eigenvalue weighted by Crippen LogP contribution is -2.02. The van der Waals surface area contributed by atoms with E-state index in [9.17, 15) is 0 Å². The molecule has 2 N–H and O–H groups in total. The van der Waals surface area contributed by atoms with Gasteiger partial charge in [0.1, 0.15) is 5.82 Å². The molecule has 0 bridgehead atoms. The molecular weight excluding hydrogens is 200 g/mol. The van der Waals surface area contributed by atoms with E-state index in [1.807, 2.05) is 33.0 Å². The quantitative estimate of drug-likeness (QED) is 0.828. The second kappa shape index (κ2) is 4.35. The second-order valence-corrected chi connectivity index (χ2v) is 3.93. The third kappa shape index (κ3) is 2.39. The molecule has 0 aliphatic heterocycles. The average Bonchev–Trinajstić information content (AvgIpc) is 2.63. The zero-order valence-corrected chi connectivity index (χ0v) is 9.83. The van der Waals surface area contributed by atoms with Crippen LogP contribution in [0, 0.1) is 20.8 Å². The van der Waals surface area contributed by atoms with Crippen LogP contribution in [0.3, 0.4) is 0 Å². The SMILES string of the molecule is Cc1ccc(NCc2cnc(C)[nH]2)c(C)n1. The number of aromatic nitrogens is 3. The van der Waals surface area contributed by atoms with Crippen molar-refractivity contribution in [1.82, 2.24) is 15.0 Å². The highest BCUT2D eigenvalue weighted by Crippen LogP contribution is 2.13. The van der Waals surface area contributed by atoms with Gasteiger partial charge in [0.15, 0.2) is 0 Å². The Kier molecular flexibility index (Phi) is 2.90. The van der Waals surface area contributed by atoms with Crippen LogP contribution in [-0.4, -0.2) is 15.0 Å². The fourth-order valence-electron chi connectivity index (χ4n) is 1.63. The Balaban J connectivity index is 2.04. The van der Waals surface area contributed by atoms with Gasteiger partial charge in [-0.05, 0) is 32.9 Å². The third-order valence-corrected chi connectivity index (χ3v) is 2.45. The van der Waals surface area contributed by atoms with Gasteiger partial charge in [0.25, 0.3) is 0 Å². The molecule has 4 nitrogen and oxygen atoms in total. The molecule has 0 saturated heterocycles. The van der Waals surface area contributed by atoms with Gasteiger partial charge in [-0.2, -0.15) is 0 Å². The zero-order valence-electron chi connectivity index (χ0n) is 9.83. The lowest BCUT2D eigenvalue weighted by atomic mass is 10.2. The Morgan fingerprint density at radius 1 is 1.25 bits per heavy atom. The lowest BCUT2D eigenvalue weighted by molar-refractivity contribution is 1.03. The number of anilines is 1. The van der Waals surface area contributed by atoms with E-state index in [2.05, 4.69) is 26.3 Å². The van der Waals surface area contributed by atoms with Crippen LogP contribution in [0.25, 0.3) is 0 Å². The average molecular weight is 216 g/mol. The van der Waals surface area contributed by atoms with Gasteiger partial charge < -0.3 is 10.3 Å². The first kappa shape index (κ1) is 10.7. The van der Waals surface area contributed by atoms with Gasteiger partial charge >= 0.3 is 0 Å². The van der Waals surface area contributed by atoms with Crippen LogP contribution in [0.4, 0.5) is 5.69 Å². The highest BCUT2D eigenvalue weighted by atomic mass is 15.0. The first-order valence-corrected chi connectivity index (χ1v) is 5.34. The number of hydrogen-bond acceptors (Lipinski definition) is 3. The van der Waals surface area contributed by atoms with E-state index in [1.165, 1.54) is 0 Å². The summed E-state index contributed by atoms with van der Waals surface area (Å²) in [4.78, 5) is 11.7. The normalized spacial score (nSPS) is 10.4. The van der Waals surface area contributed by atoms with Gasteiger partial charge in [0.2, 0.25) is 0 Å². The first-order valence-electron chi connectivity index (χ1n) is 5.34. The highest BCUT2D eigenvalue weighted by molar-refractivity contribution is 5.47. The van der Waals surface area contributed by atoms with Crippen molar-refractivity contribution in [2.75, 3.05) is 5.32 Å². The van der Waals surface area contributed by atoms with Crippen LogP contribution in [0.1, 0.15) is 22.9 Å². The summed E-state index contributed by atoms with van der Waals surface area (Å²) in [6.07, 6.45) is 1.85. The molecule has 0 aliphatic carbocycles. The maximum absolute atomic E-state index is 4.40. The molecule has 0 spiro atoms. The maximum atomic E-state index is 4.40. The predicted octanol–water partition coefficient (Wildman–Crippen LogP) is 2.34. The Labute approximate surface area is 95.1 Å². The van der Waals surface area contributed by atoms with Gasteiger partial charge in [-0.15, -0.1) is 0 Å². The molecule has 84 valence electrons. The fraction of sp³-hybridized carbons (Fsp3) is 0.333. The molecule has 2 aromatic heterocycles. The molecule has 2 aromatic rings. The van der Waals surface area contributed by atoms with Gasteiger partial charge in [-0.1, -0.05) is 0 Å². The van der Waals surface area contributed by atoms with Crippen molar-refractivity contribution < 1.29 is 0 Å². The molecule has 0 aliphatic rings. The van der Waals surface area contributed by atoms with Crippen molar-refractivity contribution in [2.24, 2.45) is 0 Å². The van der Waals surface area contributed by atoms with Gasteiger partial charge in [0, 0.05) is 5.69 Å². The molecule has 0 amide bonds. The molecule has 0 atom stereocenters. The molecule has 2 heterocycles. The zero-order chi connectivity index (χ0) is 11.5. The largest absolute Gasteiger partial charge is 0.378 e. The van der Waals surface area contributed by atoms with Crippen LogP contribution in [0.15, 0.2) is 18.3 Å². The monoisotopic (exact) mass is 216 g/mol. The molecular formula is C12H16N4. The second-order valence-electron chi connectivity index (χ2n) is 3.93. The van der Waals surface area contributed by atoms with Gasteiger partial charge in [-0.3, -0.25) is 4.98 Å². The fourth-order valence-corrected chi connectivity index (χ4v) is 1.63. The van der Waals surface area contributed by atoms with E-state index in [0.717, 1.165) is 35.1 Å². The minimum Gasteiger partial charge on any atom is -0.378 e. The minimum absolute atomic E-state index is 0.742. The van der Waals surface area contributed by atoms with Crippen LogP contribution in [0.2, 0.25) is 0 Å². The standard InChI is InChI=1S/C12H16N4/c1-8-4-5-12(9(2)15-8)14-7-11-6-13-10(3)16-11/h4-6,14H,7H2,1-3H3,(H,13,16).